The van der Waals surface area contributed by atoms with Crippen molar-refractivity contribution >= 4 is 33.8 Å². The number of hydrogen-bond donors (Lipinski definition) is 1. The lowest BCUT2D eigenvalue weighted by Crippen LogP contribution is -2.43. The minimum absolute atomic E-state index is 0.176. The summed E-state index contributed by atoms with van der Waals surface area (Å²) in [4.78, 5) is 36.4. The molecule has 0 aliphatic carbocycles. The standard InChI is InChI=1S/C15H19BrN2O4/c1-3-18(10-13(19)17-15(21)22-4-2)14(20)9-11-5-7-12(16)8-6-11/h5-8H,3-4,9-10H2,1-2H3,(H,17,19,21). The van der Waals surface area contributed by atoms with E-state index in [0.717, 1.165) is 10.0 Å². The molecule has 3 amide bonds. The van der Waals surface area contributed by atoms with Gasteiger partial charge in [-0.2, -0.15) is 0 Å². The third-order valence-corrected chi connectivity index (χ3v) is 3.38. The molecule has 0 radical (unpaired) electrons. The van der Waals surface area contributed by atoms with E-state index >= 15 is 0 Å². The summed E-state index contributed by atoms with van der Waals surface area (Å²) in [6, 6.07) is 7.39. The van der Waals surface area contributed by atoms with E-state index in [-0.39, 0.29) is 25.5 Å². The molecule has 0 saturated heterocycles. The van der Waals surface area contributed by atoms with E-state index in [4.69, 9.17) is 0 Å². The average Bonchev–Trinajstić information content (AvgIpc) is 2.47. The molecule has 22 heavy (non-hydrogen) atoms. The number of hydrogen-bond acceptors (Lipinski definition) is 4. The molecule has 0 fully saturated rings. The number of nitrogens with one attached hydrogen (secondary N) is 1. The van der Waals surface area contributed by atoms with Gasteiger partial charge in [0, 0.05) is 11.0 Å². The summed E-state index contributed by atoms with van der Waals surface area (Å²) < 4.78 is 5.55. The fourth-order valence-corrected chi connectivity index (χ4v) is 2.02. The first-order valence-electron chi connectivity index (χ1n) is 6.95. The van der Waals surface area contributed by atoms with Crippen molar-refractivity contribution in [2.45, 2.75) is 20.3 Å². The number of benzene rings is 1. The van der Waals surface area contributed by atoms with Gasteiger partial charge in [0.15, 0.2) is 0 Å². The maximum Gasteiger partial charge on any atom is 0.413 e. The average molecular weight is 371 g/mol. The number of ether oxygens (including phenoxy) is 1. The zero-order valence-electron chi connectivity index (χ0n) is 12.6. The number of imide groups is 1. The Bertz CT molecular complexity index is 531. The number of carbonyl (C=O) groups is 3. The van der Waals surface area contributed by atoms with Crippen molar-refractivity contribution in [1.82, 2.24) is 10.2 Å². The normalized spacial score (nSPS) is 9.95. The van der Waals surface area contributed by atoms with Crippen molar-refractivity contribution in [2.24, 2.45) is 0 Å². The minimum Gasteiger partial charge on any atom is -0.450 e. The van der Waals surface area contributed by atoms with Crippen LogP contribution in [0.3, 0.4) is 0 Å². The Labute approximate surface area is 137 Å². The molecule has 0 aliphatic rings. The molecule has 120 valence electrons. The van der Waals surface area contributed by atoms with Crippen molar-refractivity contribution in [2.75, 3.05) is 19.7 Å². The van der Waals surface area contributed by atoms with Gasteiger partial charge in [0.2, 0.25) is 11.8 Å². The molecule has 0 atom stereocenters. The highest BCUT2D eigenvalue weighted by Gasteiger charge is 2.17. The van der Waals surface area contributed by atoms with Crippen LogP contribution in [0.15, 0.2) is 28.7 Å². The van der Waals surface area contributed by atoms with Gasteiger partial charge in [-0.25, -0.2) is 4.79 Å². The van der Waals surface area contributed by atoms with Crippen molar-refractivity contribution in [3.63, 3.8) is 0 Å². The van der Waals surface area contributed by atoms with Crippen molar-refractivity contribution in [3.8, 4) is 0 Å². The van der Waals surface area contributed by atoms with Gasteiger partial charge < -0.3 is 9.64 Å². The van der Waals surface area contributed by atoms with Gasteiger partial charge in [-0.1, -0.05) is 28.1 Å². The van der Waals surface area contributed by atoms with E-state index in [2.05, 4.69) is 26.0 Å². The maximum absolute atomic E-state index is 12.2. The molecule has 0 unspecified atom stereocenters. The van der Waals surface area contributed by atoms with Crippen LogP contribution in [-0.4, -0.2) is 42.5 Å². The van der Waals surface area contributed by atoms with Crippen LogP contribution in [-0.2, 0) is 20.7 Å². The Balaban J connectivity index is 2.55. The van der Waals surface area contributed by atoms with Gasteiger partial charge in [-0.15, -0.1) is 0 Å². The number of halogens is 1. The highest BCUT2D eigenvalue weighted by Crippen LogP contribution is 2.11. The SMILES string of the molecule is CCOC(=O)NC(=O)CN(CC)C(=O)Cc1ccc(Br)cc1. The van der Waals surface area contributed by atoms with Crippen molar-refractivity contribution < 1.29 is 19.1 Å². The smallest absolute Gasteiger partial charge is 0.413 e. The topological polar surface area (TPSA) is 75.7 Å². The number of amides is 3. The number of rotatable bonds is 6. The van der Waals surface area contributed by atoms with Crippen LogP contribution in [0.1, 0.15) is 19.4 Å². The molecule has 0 spiro atoms. The first-order chi connectivity index (χ1) is 10.5. The molecule has 6 nitrogen and oxygen atoms in total. The number of nitrogens with zero attached hydrogens (tertiary/aromatic N) is 1. The molecule has 0 heterocycles. The molecule has 0 aromatic heterocycles. The zero-order valence-corrected chi connectivity index (χ0v) is 14.2. The third-order valence-electron chi connectivity index (χ3n) is 2.85. The molecular formula is C15H19BrN2O4. The minimum atomic E-state index is -0.802. The van der Waals surface area contributed by atoms with E-state index in [1.807, 2.05) is 24.3 Å². The molecular weight excluding hydrogens is 352 g/mol. The van der Waals surface area contributed by atoms with Crippen LogP contribution < -0.4 is 5.32 Å². The van der Waals surface area contributed by atoms with Crippen molar-refractivity contribution in [3.05, 3.63) is 34.3 Å². The van der Waals surface area contributed by atoms with Crippen LogP contribution in [0, 0.1) is 0 Å². The lowest BCUT2D eigenvalue weighted by atomic mass is 10.1. The van der Waals surface area contributed by atoms with Crippen LogP contribution >= 0.6 is 15.9 Å². The third kappa shape index (κ3) is 6.26. The number of likely N-dealkylation sites (N-methyl/N-ethyl adjacent to an activating group) is 1. The van der Waals surface area contributed by atoms with E-state index in [1.165, 1.54) is 4.90 Å². The molecule has 7 heteroatoms. The van der Waals surface area contributed by atoms with Crippen LogP contribution in [0.4, 0.5) is 4.79 Å². The monoisotopic (exact) mass is 370 g/mol. The summed E-state index contributed by atoms with van der Waals surface area (Å²) in [5.74, 6) is -0.742. The maximum atomic E-state index is 12.2. The van der Waals surface area contributed by atoms with Gasteiger partial charge >= 0.3 is 6.09 Å². The van der Waals surface area contributed by atoms with E-state index in [1.54, 1.807) is 13.8 Å². The Morgan fingerprint density at radius 3 is 2.36 bits per heavy atom. The summed E-state index contributed by atoms with van der Waals surface area (Å²) in [7, 11) is 0. The Hall–Kier alpha value is -1.89. The highest BCUT2D eigenvalue weighted by atomic mass is 79.9. The second kappa shape index (κ2) is 9.19. The van der Waals surface area contributed by atoms with Gasteiger partial charge in [0.05, 0.1) is 13.0 Å². The Morgan fingerprint density at radius 2 is 1.82 bits per heavy atom. The Morgan fingerprint density at radius 1 is 1.18 bits per heavy atom. The summed E-state index contributed by atoms with van der Waals surface area (Å²) >= 11 is 3.33. The molecule has 0 saturated carbocycles. The van der Waals surface area contributed by atoms with Crippen molar-refractivity contribution in [1.29, 1.82) is 0 Å². The second-order valence-electron chi connectivity index (χ2n) is 4.48. The first-order valence-corrected chi connectivity index (χ1v) is 7.74. The summed E-state index contributed by atoms with van der Waals surface area (Å²) in [5, 5.41) is 2.07. The van der Waals surface area contributed by atoms with E-state index in [0.29, 0.717) is 6.54 Å². The quantitative estimate of drug-likeness (QED) is 0.831. The molecule has 1 N–H and O–H groups in total. The fourth-order valence-electron chi connectivity index (χ4n) is 1.76. The molecule has 1 aromatic rings. The largest absolute Gasteiger partial charge is 0.450 e. The first kappa shape index (κ1) is 18.2. The molecule has 0 aliphatic heterocycles. The zero-order chi connectivity index (χ0) is 16.5. The predicted molar refractivity (Wildman–Crippen MR) is 85.3 cm³/mol. The van der Waals surface area contributed by atoms with Crippen LogP contribution in [0.25, 0.3) is 0 Å². The fraction of sp³-hybridized carbons (Fsp3) is 0.400. The summed E-state index contributed by atoms with van der Waals surface area (Å²) in [6.45, 7) is 3.80. The van der Waals surface area contributed by atoms with Crippen LogP contribution in [0.2, 0.25) is 0 Å². The summed E-state index contributed by atoms with van der Waals surface area (Å²) in [6.07, 6.45) is -0.600. The van der Waals surface area contributed by atoms with E-state index in [9.17, 15) is 14.4 Å². The van der Waals surface area contributed by atoms with E-state index < -0.39 is 12.0 Å². The highest BCUT2D eigenvalue weighted by molar-refractivity contribution is 9.10. The molecule has 0 bridgehead atoms. The van der Waals surface area contributed by atoms with Gasteiger partial charge in [0.25, 0.3) is 0 Å². The summed E-state index contributed by atoms with van der Waals surface area (Å²) in [5.41, 5.74) is 0.859. The number of alkyl carbamates (subject to hydrolysis) is 1. The predicted octanol–water partition coefficient (Wildman–Crippen LogP) is 2.11. The molecule has 1 aromatic carbocycles. The second-order valence-corrected chi connectivity index (χ2v) is 5.40. The van der Waals surface area contributed by atoms with Crippen LogP contribution in [0.5, 0.6) is 0 Å². The lowest BCUT2D eigenvalue weighted by Gasteiger charge is -2.20. The number of carbonyl (C=O) groups excluding carboxylic acids is 3. The van der Waals surface area contributed by atoms with Gasteiger partial charge in [-0.3, -0.25) is 14.9 Å². The Kier molecular flexibility index (Phi) is 7.59. The molecule has 1 rings (SSSR count). The lowest BCUT2D eigenvalue weighted by molar-refractivity contribution is -0.135. The van der Waals surface area contributed by atoms with Gasteiger partial charge in [0.1, 0.15) is 6.54 Å². The van der Waals surface area contributed by atoms with Gasteiger partial charge in [-0.05, 0) is 31.5 Å².